The number of fused-ring (bicyclic) bond motifs is 1. The lowest BCUT2D eigenvalue weighted by molar-refractivity contribution is -0.116. The van der Waals surface area contributed by atoms with Crippen LogP contribution >= 0.6 is 11.3 Å². The van der Waals surface area contributed by atoms with Gasteiger partial charge in [0.1, 0.15) is 5.82 Å². The van der Waals surface area contributed by atoms with Crippen molar-refractivity contribution in [2.75, 3.05) is 5.32 Å². The van der Waals surface area contributed by atoms with Crippen LogP contribution in [-0.2, 0) is 4.79 Å². The Hall–Kier alpha value is -2.08. The number of allylic oxidation sites excluding steroid dienone is 2. The average molecular weight is 301 g/mol. The zero-order valence-corrected chi connectivity index (χ0v) is 12.4. The molecule has 0 saturated carbocycles. The third-order valence-electron chi connectivity index (χ3n) is 4.29. The van der Waals surface area contributed by atoms with Crippen molar-refractivity contribution in [1.29, 1.82) is 0 Å². The smallest absolute Gasteiger partial charge is 0.270 e. The van der Waals surface area contributed by atoms with Gasteiger partial charge >= 0.3 is 0 Å². The fourth-order valence-corrected chi connectivity index (χ4v) is 4.35. The van der Waals surface area contributed by atoms with E-state index in [-0.39, 0.29) is 17.3 Å². The summed E-state index contributed by atoms with van der Waals surface area (Å²) in [4.78, 5) is 25.8. The normalized spacial score (nSPS) is 21.0. The van der Waals surface area contributed by atoms with E-state index in [1.165, 1.54) is 0 Å². The van der Waals surface area contributed by atoms with Crippen LogP contribution in [0.25, 0.3) is 0 Å². The lowest BCUT2D eigenvalue weighted by Gasteiger charge is -2.30. The van der Waals surface area contributed by atoms with E-state index in [2.05, 4.69) is 15.5 Å². The molecule has 108 valence electrons. The van der Waals surface area contributed by atoms with Gasteiger partial charge in [-0.1, -0.05) is 0 Å². The molecule has 2 aliphatic rings. The van der Waals surface area contributed by atoms with Crippen LogP contribution in [0.1, 0.15) is 41.2 Å². The summed E-state index contributed by atoms with van der Waals surface area (Å²) >= 11 is 1.61. The van der Waals surface area contributed by atoms with Gasteiger partial charge in [0.15, 0.2) is 5.78 Å². The minimum atomic E-state index is -0.237. The minimum absolute atomic E-state index is 0.153. The van der Waals surface area contributed by atoms with Crippen molar-refractivity contribution >= 4 is 22.9 Å². The first-order valence-electron chi connectivity index (χ1n) is 7.04. The Morgan fingerprint density at radius 1 is 1.24 bits per heavy atom. The highest BCUT2D eigenvalue weighted by Crippen LogP contribution is 2.45. The van der Waals surface area contributed by atoms with Crippen LogP contribution in [0.2, 0.25) is 0 Å². The molecular formula is C15H15N3O2S. The molecule has 0 amide bonds. The Kier molecular flexibility index (Phi) is 2.68. The van der Waals surface area contributed by atoms with Crippen LogP contribution in [0.5, 0.6) is 0 Å². The van der Waals surface area contributed by atoms with Gasteiger partial charge < -0.3 is 5.32 Å². The molecule has 1 unspecified atom stereocenters. The topological polar surface area (TPSA) is 77.8 Å². The number of H-pyrrole nitrogens is 2. The fourth-order valence-electron chi connectivity index (χ4n) is 3.31. The number of nitrogens with one attached hydrogen (secondary N) is 3. The molecule has 4 rings (SSSR count). The van der Waals surface area contributed by atoms with Gasteiger partial charge in [0.25, 0.3) is 5.56 Å². The largest absolute Gasteiger partial charge is 0.343 e. The van der Waals surface area contributed by atoms with Gasteiger partial charge in [-0.15, -0.1) is 11.3 Å². The molecule has 2 aromatic heterocycles. The summed E-state index contributed by atoms with van der Waals surface area (Å²) in [5, 5.41) is 10.8. The molecule has 6 heteroatoms. The first-order valence-corrected chi connectivity index (χ1v) is 7.92. The Bertz CT molecular complexity index is 824. The van der Waals surface area contributed by atoms with Crippen molar-refractivity contribution < 1.29 is 4.79 Å². The van der Waals surface area contributed by atoms with E-state index < -0.39 is 0 Å². The molecule has 2 aromatic rings. The zero-order chi connectivity index (χ0) is 14.6. The number of carbonyl (C=O) groups is 1. The molecule has 21 heavy (non-hydrogen) atoms. The molecule has 1 aliphatic carbocycles. The first-order chi connectivity index (χ1) is 10.2. The summed E-state index contributed by atoms with van der Waals surface area (Å²) in [6, 6.07) is 2.04. The summed E-state index contributed by atoms with van der Waals surface area (Å²) < 4.78 is 0. The molecular weight excluding hydrogens is 286 g/mol. The monoisotopic (exact) mass is 301 g/mol. The maximum Gasteiger partial charge on any atom is 0.270 e. The van der Waals surface area contributed by atoms with Gasteiger partial charge in [-0.25, -0.2) is 0 Å². The van der Waals surface area contributed by atoms with Gasteiger partial charge in [-0.2, -0.15) is 0 Å². The van der Waals surface area contributed by atoms with Gasteiger partial charge in [-0.05, 0) is 36.8 Å². The van der Waals surface area contributed by atoms with E-state index in [0.29, 0.717) is 17.8 Å². The Morgan fingerprint density at radius 3 is 2.86 bits per heavy atom. The van der Waals surface area contributed by atoms with Gasteiger partial charge in [0, 0.05) is 22.6 Å². The van der Waals surface area contributed by atoms with E-state index >= 15 is 0 Å². The third-order valence-corrected chi connectivity index (χ3v) is 5.37. The van der Waals surface area contributed by atoms with Crippen LogP contribution in [0, 0.1) is 6.92 Å². The number of hydrogen-bond acceptors (Lipinski definition) is 4. The van der Waals surface area contributed by atoms with Crippen LogP contribution in [0.15, 0.2) is 27.5 Å². The summed E-state index contributed by atoms with van der Waals surface area (Å²) in [6.45, 7) is 2.03. The average Bonchev–Trinajstić information content (AvgIpc) is 3.04. The second-order valence-electron chi connectivity index (χ2n) is 5.56. The van der Waals surface area contributed by atoms with E-state index in [1.54, 1.807) is 11.3 Å². The predicted octanol–water partition coefficient (Wildman–Crippen LogP) is 2.64. The highest BCUT2D eigenvalue weighted by atomic mass is 32.1. The number of aromatic amines is 2. The second kappa shape index (κ2) is 4.46. The molecule has 0 aromatic carbocycles. The summed E-state index contributed by atoms with van der Waals surface area (Å²) in [7, 11) is 0. The molecule has 0 fully saturated rings. The molecule has 1 atom stereocenters. The Labute approximate surface area is 125 Å². The summed E-state index contributed by atoms with van der Waals surface area (Å²) in [5.74, 6) is 0.623. The van der Waals surface area contributed by atoms with Crippen LogP contribution in [0.4, 0.5) is 5.82 Å². The molecule has 3 N–H and O–H groups in total. The highest BCUT2D eigenvalue weighted by Gasteiger charge is 2.38. The Balaban J connectivity index is 2.00. The van der Waals surface area contributed by atoms with Gasteiger partial charge in [0.2, 0.25) is 0 Å². The molecule has 0 radical (unpaired) electrons. The quantitative estimate of drug-likeness (QED) is 0.757. The SMILES string of the molecule is Cc1ccsc1C1C2=C(CCCC2=O)Nc2[nH][nH]c(=O)c21. The van der Waals surface area contributed by atoms with Gasteiger partial charge in [0.05, 0.1) is 11.5 Å². The summed E-state index contributed by atoms with van der Waals surface area (Å²) in [6.07, 6.45) is 2.29. The van der Waals surface area contributed by atoms with Crippen LogP contribution < -0.4 is 10.9 Å². The maximum atomic E-state index is 12.5. The molecule has 0 spiro atoms. The second-order valence-corrected chi connectivity index (χ2v) is 6.51. The maximum absolute atomic E-state index is 12.5. The number of rotatable bonds is 1. The molecule has 5 nitrogen and oxygen atoms in total. The number of aryl methyl sites for hydroxylation is 1. The number of thiophene rings is 1. The van der Waals surface area contributed by atoms with Crippen LogP contribution in [0.3, 0.4) is 0 Å². The number of aromatic nitrogens is 2. The highest BCUT2D eigenvalue weighted by molar-refractivity contribution is 7.10. The standard InChI is InChI=1S/C15H15N3O2S/c1-7-5-6-21-13(7)11-10-8(3-2-4-9(10)19)16-14-12(11)15(20)18-17-14/h5-6,11H,2-4H2,1H3,(H3,16,17,18,20). The number of ketones is 1. The van der Waals surface area contributed by atoms with Crippen molar-refractivity contribution in [2.45, 2.75) is 32.1 Å². The van der Waals surface area contributed by atoms with Crippen molar-refractivity contribution in [3.8, 4) is 0 Å². The van der Waals surface area contributed by atoms with E-state index in [1.807, 2.05) is 18.4 Å². The van der Waals surface area contributed by atoms with Crippen molar-refractivity contribution in [3.63, 3.8) is 0 Å². The lowest BCUT2D eigenvalue weighted by Crippen LogP contribution is -2.29. The van der Waals surface area contributed by atoms with Crippen LogP contribution in [-0.4, -0.2) is 16.0 Å². The number of carbonyl (C=O) groups excluding carboxylic acids is 1. The fraction of sp³-hybridized carbons (Fsp3) is 0.333. The van der Waals surface area contributed by atoms with E-state index in [4.69, 9.17) is 0 Å². The molecule has 3 heterocycles. The minimum Gasteiger partial charge on any atom is -0.343 e. The van der Waals surface area contributed by atoms with E-state index in [0.717, 1.165) is 34.6 Å². The van der Waals surface area contributed by atoms with Crippen molar-refractivity contribution in [2.24, 2.45) is 0 Å². The Morgan fingerprint density at radius 2 is 2.10 bits per heavy atom. The number of Topliss-reactive ketones (excluding diaryl/α,β-unsaturated/α-hetero) is 1. The van der Waals surface area contributed by atoms with Gasteiger partial charge in [-0.3, -0.25) is 19.8 Å². The molecule has 0 bridgehead atoms. The third kappa shape index (κ3) is 1.75. The zero-order valence-electron chi connectivity index (χ0n) is 11.6. The number of anilines is 1. The summed E-state index contributed by atoms with van der Waals surface area (Å²) in [5.41, 5.74) is 3.36. The van der Waals surface area contributed by atoms with E-state index in [9.17, 15) is 9.59 Å². The molecule has 1 aliphatic heterocycles. The number of hydrogen-bond donors (Lipinski definition) is 3. The lowest BCUT2D eigenvalue weighted by atomic mass is 9.79. The first kappa shape index (κ1) is 12.6. The predicted molar refractivity (Wildman–Crippen MR) is 81.8 cm³/mol. The van der Waals surface area contributed by atoms with Crippen molar-refractivity contribution in [3.05, 3.63) is 49.1 Å². The molecule has 0 saturated heterocycles. The van der Waals surface area contributed by atoms with Crippen molar-refractivity contribution in [1.82, 2.24) is 10.2 Å².